The molecule has 2 fully saturated rings. The first-order valence-corrected chi connectivity index (χ1v) is 17.5. The summed E-state index contributed by atoms with van der Waals surface area (Å²) in [7, 11) is 2.07. The molecule has 3 N–H and O–H groups in total. The number of nitrogens with two attached hydrogens (primary N) is 1. The quantitative estimate of drug-likeness (QED) is 0.224. The Balaban J connectivity index is 1.16. The van der Waals surface area contributed by atoms with Crippen molar-refractivity contribution < 1.29 is 28.8 Å². The number of fused-ring (bicyclic) bond motifs is 2. The van der Waals surface area contributed by atoms with Gasteiger partial charge in [-0.1, -0.05) is 36.4 Å². The number of aromatic nitrogens is 2. The third-order valence-corrected chi connectivity index (χ3v) is 9.76. The zero-order valence-electron chi connectivity index (χ0n) is 28.8. The number of hydrogen-bond acceptors (Lipinski definition) is 12. The molecule has 0 unspecified atom stereocenters. The van der Waals surface area contributed by atoms with Crippen LogP contribution in [0.1, 0.15) is 24.1 Å². The lowest BCUT2D eigenvalue weighted by molar-refractivity contribution is -0.00709. The first-order valence-electron chi connectivity index (χ1n) is 17.5. The van der Waals surface area contributed by atoms with Crippen LogP contribution in [-0.2, 0) is 27.2 Å². The summed E-state index contributed by atoms with van der Waals surface area (Å²) in [5.41, 5.74) is 8.54. The first-order chi connectivity index (χ1) is 24.4. The van der Waals surface area contributed by atoms with Gasteiger partial charge in [0.1, 0.15) is 12.4 Å². The van der Waals surface area contributed by atoms with Crippen molar-refractivity contribution in [3.8, 4) is 12.1 Å². The molecule has 6 rings (SSSR count). The summed E-state index contributed by atoms with van der Waals surface area (Å²) in [5.74, 6) is 0.768. The number of likely N-dealkylation sites (tertiary alicyclic amines) is 1. The van der Waals surface area contributed by atoms with Gasteiger partial charge in [-0.15, -0.1) is 0 Å². The molecular weight excluding hydrogens is 640 g/mol. The van der Waals surface area contributed by atoms with Crippen LogP contribution < -0.4 is 20.3 Å². The van der Waals surface area contributed by atoms with Gasteiger partial charge in [-0.25, -0.2) is 4.79 Å². The van der Waals surface area contributed by atoms with E-state index in [0.29, 0.717) is 78.4 Å². The van der Waals surface area contributed by atoms with E-state index >= 15 is 0 Å². The Hall–Kier alpha value is -4.26. The second kappa shape index (κ2) is 17.1. The number of amides is 1. The fourth-order valence-corrected chi connectivity index (χ4v) is 7.18. The van der Waals surface area contributed by atoms with Crippen molar-refractivity contribution in [1.29, 1.82) is 5.26 Å². The average Bonchev–Trinajstić information content (AvgIpc) is 3.49. The van der Waals surface area contributed by atoms with E-state index in [4.69, 9.17) is 34.6 Å². The summed E-state index contributed by atoms with van der Waals surface area (Å²) in [5, 5.41) is 21.6. The van der Waals surface area contributed by atoms with Gasteiger partial charge in [-0.05, 0) is 31.3 Å². The predicted molar refractivity (Wildman–Crippen MR) is 189 cm³/mol. The van der Waals surface area contributed by atoms with Gasteiger partial charge in [0.2, 0.25) is 0 Å². The number of hydrogen-bond donors (Lipinski definition) is 2. The maximum absolute atomic E-state index is 11.9. The lowest BCUT2D eigenvalue weighted by Crippen LogP contribution is -2.55. The van der Waals surface area contributed by atoms with Gasteiger partial charge < -0.3 is 44.5 Å². The van der Waals surface area contributed by atoms with Crippen LogP contribution in [0, 0.1) is 11.3 Å². The maximum atomic E-state index is 11.9. The number of nitrogens with zero attached hydrogens (tertiary/aromatic N) is 7. The number of ether oxygens (including phenoxy) is 4. The van der Waals surface area contributed by atoms with E-state index in [0.717, 1.165) is 48.7 Å². The number of nitriles is 1. The number of likely N-dealkylation sites (N-methyl/N-ethyl adjacent to an activating group) is 1. The molecule has 3 atom stereocenters. The molecule has 3 aliphatic rings. The SMILES string of the molecule is CN1C[C@H](OCCOCCOCCN)C[C@H]1COc1nc2c(c(N3CCN(C(=O)O)[C@@H](CC#N)C3)n1)CCN(c1cccc3ccccc13)C2. The molecule has 0 aliphatic carbocycles. The highest BCUT2D eigenvalue weighted by Crippen LogP contribution is 2.35. The van der Waals surface area contributed by atoms with E-state index in [2.05, 4.69) is 70.3 Å². The van der Waals surface area contributed by atoms with E-state index in [1.54, 1.807) is 0 Å². The van der Waals surface area contributed by atoms with Gasteiger partial charge in [0, 0.05) is 61.9 Å². The van der Waals surface area contributed by atoms with Crippen molar-refractivity contribution in [2.75, 3.05) is 95.8 Å². The Morgan fingerprint density at radius 3 is 2.60 bits per heavy atom. The van der Waals surface area contributed by atoms with Crippen LogP contribution in [-0.4, -0.2) is 135 Å². The summed E-state index contributed by atoms with van der Waals surface area (Å²) >= 11 is 0. The average molecular weight is 689 g/mol. The maximum Gasteiger partial charge on any atom is 0.407 e. The van der Waals surface area contributed by atoms with Crippen LogP contribution in [0.4, 0.5) is 16.3 Å². The second-order valence-electron chi connectivity index (χ2n) is 13.0. The Bertz CT molecular complexity index is 1630. The van der Waals surface area contributed by atoms with Crippen molar-refractivity contribution in [3.63, 3.8) is 0 Å². The van der Waals surface area contributed by atoms with Crippen molar-refractivity contribution in [2.24, 2.45) is 5.73 Å². The lowest BCUT2D eigenvalue weighted by Gasteiger charge is -2.41. The number of anilines is 2. The lowest BCUT2D eigenvalue weighted by atomic mass is 10.0. The number of piperazine rings is 1. The highest BCUT2D eigenvalue weighted by atomic mass is 16.5. The van der Waals surface area contributed by atoms with Crippen LogP contribution in [0.3, 0.4) is 0 Å². The monoisotopic (exact) mass is 688 g/mol. The zero-order valence-corrected chi connectivity index (χ0v) is 28.8. The Kier molecular flexibility index (Phi) is 12.2. The molecule has 0 spiro atoms. The van der Waals surface area contributed by atoms with Gasteiger partial charge in [-0.2, -0.15) is 15.2 Å². The number of rotatable bonds is 15. The Labute approximate surface area is 293 Å². The van der Waals surface area contributed by atoms with Gasteiger partial charge >= 0.3 is 12.1 Å². The molecule has 1 aromatic heterocycles. The minimum Gasteiger partial charge on any atom is -0.465 e. The molecule has 0 saturated carbocycles. The van der Waals surface area contributed by atoms with E-state index in [1.807, 2.05) is 0 Å². The summed E-state index contributed by atoms with van der Waals surface area (Å²) in [6, 6.07) is 16.9. The smallest absolute Gasteiger partial charge is 0.407 e. The molecule has 2 saturated heterocycles. The summed E-state index contributed by atoms with van der Waals surface area (Å²) in [6.07, 6.45) is 0.720. The summed E-state index contributed by atoms with van der Waals surface area (Å²) < 4.78 is 23.4. The van der Waals surface area contributed by atoms with Crippen LogP contribution in [0.15, 0.2) is 42.5 Å². The van der Waals surface area contributed by atoms with Crippen LogP contribution in [0.5, 0.6) is 6.01 Å². The molecular formula is C36H48N8O6. The summed E-state index contributed by atoms with van der Waals surface area (Å²) in [6.45, 7) is 6.80. The molecule has 1 amide bonds. The molecule has 0 bridgehead atoms. The van der Waals surface area contributed by atoms with E-state index in [-0.39, 0.29) is 18.6 Å². The predicted octanol–water partition coefficient (Wildman–Crippen LogP) is 2.73. The Morgan fingerprint density at radius 1 is 0.980 bits per heavy atom. The minimum absolute atomic E-state index is 0.0718. The number of carboxylic acid groups (broad SMARTS) is 1. The van der Waals surface area contributed by atoms with E-state index in [9.17, 15) is 15.2 Å². The third-order valence-electron chi connectivity index (χ3n) is 9.76. The highest BCUT2D eigenvalue weighted by Gasteiger charge is 2.35. The standard InChI is InChI=1S/C36H48N8O6/c1-41-23-29(49-20-19-48-18-17-47-16-12-38)21-28(41)25-50-35-39-32-24-42(33-8-4-6-26-5-2-3-7-30(26)33)13-10-31(32)34(40-35)43-14-15-44(36(45)46)27(22-43)9-11-37/h2-8,27-29H,9-10,12-25,38H2,1H3,(H,45,46)/t27-,28-,29+/m0/s1. The molecule has 3 aromatic rings. The van der Waals surface area contributed by atoms with E-state index < -0.39 is 12.1 Å². The molecule has 0 radical (unpaired) electrons. The Morgan fingerprint density at radius 2 is 1.78 bits per heavy atom. The highest BCUT2D eigenvalue weighted by molar-refractivity contribution is 5.94. The van der Waals surface area contributed by atoms with Gasteiger partial charge in [0.15, 0.2) is 0 Å². The van der Waals surface area contributed by atoms with Crippen molar-refractivity contribution in [3.05, 3.63) is 53.7 Å². The molecule has 2 aromatic carbocycles. The topological polar surface area (TPSA) is 163 Å². The molecule has 14 nitrogen and oxygen atoms in total. The molecule has 268 valence electrons. The minimum atomic E-state index is -1.01. The number of carbonyl (C=O) groups is 1. The second-order valence-corrected chi connectivity index (χ2v) is 13.0. The van der Waals surface area contributed by atoms with Crippen molar-refractivity contribution in [1.82, 2.24) is 19.8 Å². The van der Waals surface area contributed by atoms with Crippen LogP contribution in [0.2, 0.25) is 0 Å². The normalized spacial score (nSPS) is 21.0. The third kappa shape index (κ3) is 8.54. The largest absolute Gasteiger partial charge is 0.465 e. The van der Waals surface area contributed by atoms with E-state index in [1.165, 1.54) is 15.7 Å². The zero-order chi connectivity index (χ0) is 34.9. The fraction of sp³-hybridized carbons (Fsp3) is 0.556. The molecule has 14 heteroatoms. The number of benzene rings is 2. The molecule has 3 aliphatic heterocycles. The van der Waals surface area contributed by atoms with Crippen molar-refractivity contribution >= 4 is 28.4 Å². The van der Waals surface area contributed by atoms with Gasteiger partial charge in [-0.3, -0.25) is 4.90 Å². The molecule has 50 heavy (non-hydrogen) atoms. The molecule has 4 heterocycles. The van der Waals surface area contributed by atoms with Gasteiger partial charge in [0.25, 0.3) is 0 Å². The fourth-order valence-electron chi connectivity index (χ4n) is 7.18. The first kappa shape index (κ1) is 35.6. The van der Waals surface area contributed by atoms with Crippen LogP contribution in [0.25, 0.3) is 10.8 Å². The van der Waals surface area contributed by atoms with Gasteiger partial charge in [0.05, 0.1) is 69.9 Å². The summed E-state index contributed by atoms with van der Waals surface area (Å²) in [4.78, 5) is 30.0. The van der Waals surface area contributed by atoms with Crippen LogP contribution >= 0.6 is 0 Å². The van der Waals surface area contributed by atoms with Crippen molar-refractivity contribution in [2.45, 2.75) is 44.0 Å².